The third-order valence-corrected chi connectivity index (χ3v) is 4.36. The molecule has 0 aromatic heterocycles. The second-order valence-corrected chi connectivity index (χ2v) is 6.71. The highest BCUT2D eigenvalue weighted by atomic mass is 16.5. The Bertz CT molecular complexity index is 788. The van der Waals surface area contributed by atoms with Crippen molar-refractivity contribution in [3.8, 4) is 0 Å². The van der Waals surface area contributed by atoms with E-state index in [0.717, 1.165) is 36.2 Å². The molecule has 0 saturated heterocycles. The maximum absolute atomic E-state index is 9.84. The Morgan fingerprint density at radius 3 is 2.37 bits per heavy atom. The number of nitrogens with zero attached hydrogens (tertiary/aromatic N) is 2. The zero-order valence-corrected chi connectivity index (χ0v) is 15.9. The predicted octanol–water partition coefficient (Wildman–Crippen LogP) is 3.49. The van der Waals surface area contributed by atoms with Gasteiger partial charge in [-0.1, -0.05) is 74.0 Å². The van der Waals surface area contributed by atoms with Gasteiger partial charge in [0, 0.05) is 17.7 Å². The van der Waals surface area contributed by atoms with Crippen molar-refractivity contribution in [3.63, 3.8) is 0 Å². The van der Waals surface area contributed by atoms with Crippen LogP contribution in [0, 0.1) is 0 Å². The monoisotopic (exact) mass is 365 g/mol. The fraction of sp³-hybridized carbons (Fsp3) is 0.364. The Hall–Kier alpha value is -2.50. The van der Waals surface area contributed by atoms with Gasteiger partial charge in [0.15, 0.2) is 0 Å². The first-order valence-corrected chi connectivity index (χ1v) is 9.51. The molecule has 0 bridgehead atoms. The number of unbranched alkanes of at least 4 members (excludes halogenated alkanes) is 1. The molecule has 0 aliphatic carbocycles. The fourth-order valence-corrected chi connectivity index (χ4v) is 3.01. The van der Waals surface area contributed by atoms with Crippen LogP contribution in [0.15, 0.2) is 70.6 Å². The van der Waals surface area contributed by atoms with E-state index in [1.165, 1.54) is 0 Å². The minimum absolute atomic E-state index is 0.159. The summed E-state index contributed by atoms with van der Waals surface area (Å²) in [4.78, 5) is 9.65. The summed E-state index contributed by atoms with van der Waals surface area (Å²) in [5.74, 6) is 0.566. The summed E-state index contributed by atoms with van der Waals surface area (Å²) in [5, 5.41) is 13.2. The molecule has 0 saturated carbocycles. The van der Waals surface area contributed by atoms with Gasteiger partial charge in [-0.05, 0) is 13.3 Å². The van der Waals surface area contributed by atoms with Crippen LogP contribution in [0.2, 0.25) is 0 Å². The number of nitrogens with one attached hydrogen (secondary N) is 1. The number of benzene rings is 2. The lowest BCUT2D eigenvalue weighted by Crippen LogP contribution is -2.37. The van der Waals surface area contributed by atoms with E-state index >= 15 is 0 Å². The number of hydrogen-bond acceptors (Lipinski definition) is 5. The minimum atomic E-state index is -1.08. The lowest BCUT2D eigenvalue weighted by atomic mass is 9.93. The molecule has 2 aromatic rings. The molecule has 2 unspecified atom stereocenters. The summed E-state index contributed by atoms with van der Waals surface area (Å²) in [6.45, 7) is 4.82. The molecule has 1 aliphatic heterocycles. The molecule has 5 nitrogen and oxygen atoms in total. The van der Waals surface area contributed by atoms with Crippen molar-refractivity contribution in [3.05, 3.63) is 71.8 Å². The van der Waals surface area contributed by atoms with E-state index in [2.05, 4.69) is 12.2 Å². The summed E-state index contributed by atoms with van der Waals surface area (Å²) in [7, 11) is 0. The average Bonchev–Trinajstić information content (AvgIpc) is 3.08. The van der Waals surface area contributed by atoms with Crippen molar-refractivity contribution >= 4 is 11.7 Å². The van der Waals surface area contributed by atoms with Crippen molar-refractivity contribution in [1.82, 2.24) is 5.32 Å². The number of aliphatic hydroxyl groups is 1. The normalized spacial score (nSPS) is 20.1. The van der Waals surface area contributed by atoms with Crippen molar-refractivity contribution in [2.24, 2.45) is 9.98 Å². The van der Waals surface area contributed by atoms with E-state index in [4.69, 9.17) is 14.7 Å². The van der Waals surface area contributed by atoms with Gasteiger partial charge in [-0.3, -0.25) is 0 Å². The molecule has 0 amide bonds. The summed E-state index contributed by atoms with van der Waals surface area (Å²) < 4.78 is 6.23. The molecule has 1 heterocycles. The van der Waals surface area contributed by atoms with Crippen LogP contribution >= 0.6 is 0 Å². The Kier molecular flexibility index (Phi) is 6.37. The number of aliphatic hydroxyl groups excluding tert-OH is 1. The van der Waals surface area contributed by atoms with E-state index in [-0.39, 0.29) is 6.61 Å². The van der Waals surface area contributed by atoms with Gasteiger partial charge in [0.1, 0.15) is 5.71 Å². The third kappa shape index (κ3) is 4.43. The molecule has 2 N–H and O–H groups in total. The van der Waals surface area contributed by atoms with Gasteiger partial charge in [-0.25, -0.2) is 9.98 Å². The zero-order valence-electron chi connectivity index (χ0n) is 15.9. The molecule has 0 fully saturated rings. The molecule has 2 aromatic carbocycles. The third-order valence-electron chi connectivity index (χ3n) is 4.36. The van der Waals surface area contributed by atoms with E-state index in [9.17, 15) is 5.11 Å². The first-order chi connectivity index (χ1) is 13.2. The highest BCUT2D eigenvalue weighted by Gasteiger charge is 2.44. The van der Waals surface area contributed by atoms with Gasteiger partial charge in [0.05, 0.1) is 12.7 Å². The van der Waals surface area contributed by atoms with Gasteiger partial charge in [0.2, 0.25) is 11.7 Å². The number of hydrogen-bond donors (Lipinski definition) is 2. The Balaban J connectivity index is 2.06. The van der Waals surface area contributed by atoms with Gasteiger partial charge in [-0.15, -0.1) is 0 Å². The SMILES string of the molecule is CCCCNC1=NC(OCC(C)O)(c2ccccc2)C(c2ccccc2)=N1. The summed E-state index contributed by atoms with van der Waals surface area (Å²) in [5.41, 5.74) is 1.49. The van der Waals surface area contributed by atoms with Crippen molar-refractivity contribution in [2.75, 3.05) is 13.2 Å². The summed E-state index contributed by atoms with van der Waals surface area (Å²) in [6.07, 6.45) is 1.54. The smallest absolute Gasteiger partial charge is 0.233 e. The molecule has 2 atom stereocenters. The lowest BCUT2D eigenvalue weighted by Gasteiger charge is -2.29. The van der Waals surface area contributed by atoms with Crippen LogP contribution in [-0.4, -0.2) is 36.0 Å². The number of aliphatic imine (C=N–C) groups is 2. The second-order valence-electron chi connectivity index (χ2n) is 6.71. The second kappa shape index (κ2) is 8.93. The lowest BCUT2D eigenvalue weighted by molar-refractivity contribution is -0.0324. The quantitative estimate of drug-likeness (QED) is 0.704. The zero-order chi connectivity index (χ0) is 19.1. The minimum Gasteiger partial charge on any atom is -0.391 e. The summed E-state index contributed by atoms with van der Waals surface area (Å²) >= 11 is 0. The molecule has 0 radical (unpaired) electrons. The molecule has 27 heavy (non-hydrogen) atoms. The van der Waals surface area contributed by atoms with Crippen LogP contribution in [0.1, 0.15) is 37.8 Å². The van der Waals surface area contributed by atoms with Crippen LogP contribution in [0.25, 0.3) is 0 Å². The van der Waals surface area contributed by atoms with Crippen LogP contribution in [0.3, 0.4) is 0 Å². The predicted molar refractivity (Wildman–Crippen MR) is 109 cm³/mol. The largest absolute Gasteiger partial charge is 0.391 e. The Labute approximate surface area is 160 Å². The first kappa shape index (κ1) is 19.3. The van der Waals surface area contributed by atoms with E-state index in [1.54, 1.807) is 6.92 Å². The molecule has 0 spiro atoms. The average molecular weight is 365 g/mol. The molecule has 5 heteroatoms. The Morgan fingerprint density at radius 1 is 1.07 bits per heavy atom. The van der Waals surface area contributed by atoms with Crippen molar-refractivity contribution in [1.29, 1.82) is 0 Å². The summed E-state index contributed by atoms with van der Waals surface area (Å²) in [6, 6.07) is 19.8. The molecule has 142 valence electrons. The van der Waals surface area contributed by atoms with Crippen LogP contribution < -0.4 is 5.32 Å². The van der Waals surface area contributed by atoms with Gasteiger partial charge in [-0.2, -0.15) is 0 Å². The van der Waals surface area contributed by atoms with Crippen molar-refractivity contribution < 1.29 is 9.84 Å². The van der Waals surface area contributed by atoms with Gasteiger partial charge in [0.25, 0.3) is 0 Å². The van der Waals surface area contributed by atoms with Crippen LogP contribution in [0.5, 0.6) is 0 Å². The maximum atomic E-state index is 9.84. The van der Waals surface area contributed by atoms with Crippen molar-refractivity contribution in [2.45, 2.75) is 38.5 Å². The maximum Gasteiger partial charge on any atom is 0.233 e. The number of guanidine groups is 1. The van der Waals surface area contributed by atoms with E-state index in [1.807, 2.05) is 60.7 Å². The fourth-order valence-electron chi connectivity index (χ4n) is 3.01. The highest BCUT2D eigenvalue weighted by Crippen LogP contribution is 2.36. The topological polar surface area (TPSA) is 66.2 Å². The standard InChI is InChI=1S/C22H27N3O2/c1-3-4-15-23-21-24-20(18-11-7-5-8-12-18)22(25-21,27-16-17(2)26)19-13-9-6-10-14-19/h5-14,17,26H,3-4,15-16H2,1-2H3,(H,23,25). The van der Waals surface area contributed by atoms with E-state index in [0.29, 0.717) is 5.96 Å². The first-order valence-electron chi connectivity index (χ1n) is 9.51. The van der Waals surface area contributed by atoms with Gasteiger partial charge >= 0.3 is 0 Å². The van der Waals surface area contributed by atoms with Crippen LogP contribution in [0.4, 0.5) is 0 Å². The van der Waals surface area contributed by atoms with Crippen LogP contribution in [-0.2, 0) is 10.5 Å². The van der Waals surface area contributed by atoms with Gasteiger partial charge < -0.3 is 15.2 Å². The molecule has 3 rings (SSSR count). The molecular weight excluding hydrogens is 338 g/mol. The highest BCUT2D eigenvalue weighted by molar-refractivity contribution is 6.16. The van der Waals surface area contributed by atoms with E-state index < -0.39 is 11.8 Å². The number of rotatable bonds is 8. The Morgan fingerprint density at radius 2 is 1.74 bits per heavy atom. The number of ether oxygens (including phenoxy) is 1. The molecular formula is C22H27N3O2. The molecule has 1 aliphatic rings.